The molecule has 0 radical (unpaired) electrons. The van der Waals surface area contributed by atoms with E-state index >= 15 is 14.4 Å². The molecule has 2 unspecified atom stereocenters. The van der Waals surface area contributed by atoms with Crippen molar-refractivity contribution in [2.45, 2.75) is 269 Å². The highest BCUT2D eigenvalue weighted by atomic mass is 16.6. The van der Waals surface area contributed by atoms with E-state index in [-0.39, 0.29) is 129 Å². The van der Waals surface area contributed by atoms with E-state index in [1.165, 1.54) is 47.9 Å². The minimum Gasteiger partial charge on any atom is -0.394 e. The lowest BCUT2D eigenvalue weighted by atomic mass is 9.89. The first-order chi connectivity index (χ1) is 60.5. The van der Waals surface area contributed by atoms with Crippen molar-refractivity contribution in [1.29, 1.82) is 0 Å². The van der Waals surface area contributed by atoms with Crippen LogP contribution in [-0.4, -0.2) is 337 Å². The number of benzene rings is 1. The zero-order valence-corrected chi connectivity index (χ0v) is 76.4. The van der Waals surface area contributed by atoms with E-state index in [1.807, 2.05) is 19.9 Å². The molecule has 127 heavy (non-hydrogen) atoms. The average Bonchev–Trinajstić information content (AvgIpc) is 1.66. The van der Waals surface area contributed by atoms with Crippen LogP contribution >= 0.6 is 0 Å². The number of aromatic nitrogens is 3. The predicted molar refractivity (Wildman–Crippen MR) is 461 cm³/mol. The van der Waals surface area contributed by atoms with Gasteiger partial charge in [-0.2, -0.15) is 0 Å². The molecule has 1 aromatic heterocycles. The molecule has 6 rings (SSSR count). The summed E-state index contributed by atoms with van der Waals surface area (Å²) in [5, 5.41) is 81.0. The summed E-state index contributed by atoms with van der Waals surface area (Å²) in [6.45, 7) is 18.3. The molecule has 1 aliphatic carbocycles. The van der Waals surface area contributed by atoms with Gasteiger partial charge in [0.15, 0.2) is 6.23 Å². The Morgan fingerprint density at radius 1 is 0.638 bits per heavy atom. The van der Waals surface area contributed by atoms with Crippen molar-refractivity contribution in [2.24, 2.45) is 35.3 Å². The second-order valence-corrected chi connectivity index (χ2v) is 34.1. The highest BCUT2D eigenvalue weighted by molar-refractivity contribution is 6.12. The Morgan fingerprint density at radius 3 is 1.87 bits per heavy atom. The highest BCUT2D eigenvalue weighted by Gasteiger charge is 2.48. The first kappa shape index (κ1) is 107. The Labute approximate surface area is 744 Å². The number of amides is 13. The van der Waals surface area contributed by atoms with Crippen LogP contribution in [0.3, 0.4) is 0 Å². The fraction of sp³-hybridized carbons (Fsp3) is 0.747. The number of nitrogens with two attached hydrogens (primary N) is 1. The zero-order chi connectivity index (χ0) is 93.7. The smallest absolute Gasteiger partial charge is 0.312 e. The van der Waals surface area contributed by atoms with Crippen LogP contribution in [0.5, 0.6) is 0 Å². The van der Waals surface area contributed by atoms with Gasteiger partial charge in [-0.1, -0.05) is 117 Å². The lowest BCUT2D eigenvalue weighted by Crippen LogP contribution is -2.62. The maximum atomic E-state index is 15.2. The van der Waals surface area contributed by atoms with Crippen molar-refractivity contribution >= 4 is 71.0 Å². The molecule has 3 aliphatic heterocycles. The summed E-state index contributed by atoms with van der Waals surface area (Å²) in [5.74, 6) is -8.83. The predicted octanol–water partition coefficient (Wildman–Crippen LogP) is 0.434. The number of likely N-dealkylation sites (tertiary alicyclic amines) is 1. The molecular weight excluding hydrogens is 1660 g/mol. The SMILES string of the molecule is CC[C@H](C)[C@@H]([C@@H](CC(=O)N1CCC[C@H]1[C@H](OC)[C@@H](C)C(=O)N[C@H](C)[C@@H](O)c1ccccc1)OC)N(C)C(=O)[C@@H](NC(=O)[C@H](C(C)C)N(C)C(=O)[C@H](CCCNC(N)=O)NC(=O)[C@@H](NC(=O)[C@@H](CCCCNC(=O)COC1CCCCCc2c1nnn2C1O[C@H](CO)[C@H](O)[C@H](O)[C@H]1O)NC(=O)CCOCCOCCOCCOCCN1C(=O)C=CC1=O)C(C)C)C(C)C. The number of urea groups is 1. The molecule has 2 fully saturated rings. The number of hydrogen-bond acceptors (Lipinski definition) is 27. The van der Waals surface area contributed by atoms with E-state index in [0.717, 1.165) is 17.7 Å². The minimum atomic E-state index is -1.65. The van der Waals surface area contributed by atoms with E-state index in [1.54, 1.807) is 91.6 Å². The molecule has 0 spiro atoms. The average molecular weight is 1800 g/mol. The Morgan fingerprint density at radius 2 is 1.26 bits per heavy atom. The third-order valence-corrected chi connectivity index (χ3v) is 23.8. The molecule has 13 amide bonds. The van der Waals surface area contributed by atoms with Crippen molar-refractivity contribution in [3.05, 3.63) is 59.4 Å². The molecule has 4 heterocycles. The molecule has 1 aromatic carbocycles. The van der Waals surface area contributed by atoms with Gasteiger partial charge in [-0.15, -0.1) is 5.10 Å². The number of rotatable bonds is 56. The van der Waals surface area contributed by atoms with Gasteiger partial charge in [-0.3, -0.25) is 57.6 Å². The van der Waals surface area contributed by atoms with Crippen LogP contribution in [-0.2, 0) is 97.1 Å². The van der Waals surface area contributed by atoms with Crippen molar-refractivity contribution in [1.82, 2.24) is 71.8 Å². The van der Waals surface area contributed by atoms with Gasteiger partial charge >= 0.3 is 6.03 Å². The van der Waals surface area contributed by atoms with Gasteiger partial charge in [-0.25, -0.2) is 9.48 Å². The van der Waals surface area contributed by atoms with Gasteiger partial charge in [0, 0.05) is 66.5 Å². The molecule has 40 heteroatoms. The Bertz CT molecular complexity index is 3820. The monoisotopic (exact) mass is 1800 g/mol. The normalized spacial score (nSPS) is 21.2. The molecule has 4 aliphatic rings. The van der Waals surface area contributed by atoms with E-state index < -0.39 is 199 Å². The van der Waals surface area contributed by atoms with Gasteiger partial charge < -0.3 is 121 Å². The van der Waals surface area contributed by atoms with E-state index in [9.17, 15) is 68.7 Å². The quantitative estimate of drug-likeness (QED) is 0.0315. The number of unbranched alkanes of at least 4 members (excludes halogenated alkanes) is 1. The number of ether oxygens (including phenoxy) is 8. The number of methoxy groups -OCH3 is 2. The fourth-order valence-corrected chi connectivity index (χ4v) is 16.4. The molecule has 14 N–H and O–H groups in total. The number of likely N-dealkylation sites (N-methyl/N-ethyl adjacent to an activating group) is 2. The molecule has 40 nitrogen and oxygen atoms in total. The van der Waals surface area contributed by atoms with Gasteiger partial charge in [0.05, 0.1) is 120 Å². The molecule has 2 aromatic rings. The van der Waals surface area contributed by atoms with Crippen LogP contribution in [0, 0.1) is 29.6 Å². The number of hydrogen-bond donors (Lipinski definition) is 13. The molecule has 716 valence electrons. The topological polar surface area (TPSA) is 534 Å². The maximum Gasteiger partial charge on any atom is 0.312 e. The Hall–Kier alpha value is -8.78. The van der Waals surface area contributed by atoms with Crippen molar-refractivity contribution in [2.75, 3.05) is 121 Å². The highest BCUT2D eigenvalue weighted by Crippen LogP contribution is 2.36. The second-order valence-electron chi connectivity index (χ2n) is 34.1. The van der Waals surface area contributed by atoms with Gasteiger partial charge in [-0.05, 0) is 100 Å². The number of fused-ring (bicyclic) bond motifs is 1. The third-order valence-electron chi connectivity index (χ3n) is 23.8. The summed E-state index contributed by atoms with van der Waals surface area (Å²) in [4.78, 5) is 172. The second kappa shape index (κ2) is 54.6. The van der Waals surface area contributed by atoms with Crippen LogP contribution in [0.15, 0.2) is 42.5 Å². The number of carbonyl (C=O) groups excluding carboxylic acids is 12. The Balaban J connectivity index is 1.11. The van der Waals surface area contributed by atoms with Crippen LogP contribution in [0.1, 0.15) is 195 Å². The van der Waals surface area contributed by atoms with E-state index in [0.29, 0.717) is 68.4 Å². The van der Waals surface area contributed by atoms with Crippen LogP contribution in [0.4, 0.5) is 4.79 Å². The number of primary amides is 1. The summed E-state index contributed by atoms with van der Waals surface area (Å²) >= 11 is 0. The van der Waals surface area contributed by atoms with E-state index in [4.69, 9.17) is 43.6 Å². The first-order valence-corrected chi connectivity index (χ1v) is 44.7. The Kier molecular flexibility index (Phi) is 46.0. The molecule has 2 saturated heterocycles. The van der Waals surface area contributed by atoms with Crippen molar-refractivity contribution in [3.8, 4) is 0 Å². The first-order valence-electron chi connectivity index (χ1n) is 44.7. The lowest BCUT2D eigenvalue weighted by Gasteiger charge is -2.41. The number of imide groups is 1. The van der Waals surface area contributed by atoms with Gasteiger partial charge in [0.2, 0.25) is 53.2 Å². The lowest BCUT2D eigenvalue weighted by molar-refractivity contribution is -0.254. The number of aliphatic hydroxyl groups is 5. The van der Waals surface area contributed by atoms with Crippen LogP contribution in [0.25, 0.3) is 0 Å². The number of carbonyl (C=O) groups is 12. The zero-order valence-electron chi connectivity index (χ0n) is 76.4. The molecule has 0 bridgehead atoms. The fourth-order valence-electron chi connectivity index (χ4n) is 16.4. The largest absolute Gasteiger partial charge is 0.394 e. The van der Waals surface area contributed by atoms with Crippen LogP contribution < -0.4 is 43.0 Å². The summed E-state index contributed by atoms with van der Waals surface area (Å²) in [5.41, 5.74) is 6.99. The number of nitrogens with zero attached hydrogens (tertiary/aromatic N) is 7. The van der Waals surface area contributed by atoms with Crippen molar-refractivity contribution < 1.29 is 121 Å². The van der Waals surface area contributed by atoms with E-state index in [2.05, 4.69) is 47.5 Å². The van der Waals surface area contributed by atoms with Gasteiger partial charge in [0.25, 0.3) is 11.8 Å². The minimum absolute atomic E-state index is 0.000942. The number of aliphatic hydroxyl groups excluding tert-OH is 5. The summed E-state index contributed by atoms with van der Waals surface area (Å²) < 4.78 is 47.7. The number of nitrogens with one attached hydrogen (secondary N) is 7. The van der Waals surface area contributed by atoms with Gasteiger partial charge in [0.1, 0.15) is 73.0 Å². The summed E-state index contributed by atoms with van der Waals surface area (Å²) in [6, 6.07) is -0.202. The summed E-state index contributed by atoms with van der Waals surface area (Å²) in [7, 11) is 5.95. The molecule has 19 atom stereocenters. The molecular formula is C87H143N15O25. The standard InChI is InChI=1S/C87H143N15O25/c1-15-54(8)74(63(120-13)48-69(108)100-38-25-31-61(100)79(121-14)55(9)80(113)91-56(10)75(109)57-26-18-16-19-27-57)99(12)85(118)71(52(4)5)95-83(116)73(53(6)7)98(11)84(117)59(29-24-37-90-87(88)119)93-82(115)70(51(2)3)94-81(114)58(92-65(104)35-40-122-42-44-124-46-47-125-45-43-123-41-39-101-67(106)33-34-68(101)107)28-22-23-36-89-66(105)50-126-62-32-21-17-20-30-60-72(62)96-97-102(60)86-78(112)77(111)76(110)64(49-103)127-86/h16,18-19,26-27,33-34,51-56,58-59,61-64,70-71,73-79,86,103,109-112H,15,17,20-25,28-32,35-50H2,1-14H3,(H,89,105)(H,91,113)(H,92,104)(H,93,115)(H,94,114)(H,95,116)(H3,88,90,119)/t54-,55+,56+,58+,59-,61-,62?,63+,64+,70-,71-,73-,74-,75+,76-,77-,78+,79+,86?/m0/s1. The van der Waals surface area contributed by atoms with Crippen LogP contribution in [0.2, 0.25) is 0 Å². The maximum absolute atomic E-state index is 15.2. The summed E-state index contributed by atoms with van der Waals surface area (Å²) in [6.07, 6.45) is -3.19. The third kappa shape index (κ3) is 32.1. The van der Waals surface area contributed by atoms with Crippen molar-refractivity contribution in [3.63, 3.8) is 0 Å². The molecule has 0 saturated carbocycles.